The number of halogens is 1. The maximum absolute atomic E-state index is 13.0. The molecule has 1 aromatic heterocycles. The molecule has 0 aliphatic carbocycles. The smallest absolute Gasteiger partial charge is 0.330 e. The normalized spacial score (nSPS) is 24.9. The van der Waals surface area contributed by atoms with Crippen LogP contribution < -0.4 is 11.2 Å². The van der Waals surface area contributed by atoms with Crippen molar-refractivity contribution in [3.63, 3.8) is 0 Å². The molecule has 1 aliphatic heterocycles. The van der Waals surface area contributed by atoms with Crippen molar-refractivity contribution in [2.45, 2.75) is 38.5 Å². The fourth-order valence-corrected chi connectivity index (χ4v) is 1.87. The molecule has 0 radical (unpaired) electrons. The summed E-state index contributed by atoms with van der Waals surface area (Å²) >= 11 is 0. The lowest BCUT2D eigenvalue weighted by Gasteiger charge is -2.14. The molecule has 2 unspecified atom stereocenters. The van der Waals surface area contributed by atoms with Crippen LogP contribution in [0.3, 0.4) is 0 Å². The van der Waals surface area contributed by atoms with Gasteiger partial charge in [-0.15, -0.1) is 0 Å². The number of aromatic amines is 1. The van der Waals surface area contributed by atoms with Crippen LogP contribution in [0.15, 0.2) is 15.8 Å². The zero-order valence-electron chi connectivity index (χ0n) is 8.90. The predicted molar refractivity (Wildman–Crippen MR) is 54.7 cm³/mol. The van der Waals surface area contributed by atoms with Crippen LogP contribution in [-0.2, 0) is 4.74 Å². The van der Waals surface area contributed by atoms with Crippen LogP contribution in [0.4, 0.5) is 4.39 Å². The summed E-state index contributed by atoms with van der Waals surface area (Å²) in [6.45, 7) is 1.99. The lowest BCUT2D eigenvalue weighted by Crippen LogP contribution is -2.33. The number of nitrogens with zero attached hydrogens (tertiary/aromatic N) is 1. The summed E-state index contributed by atoms with van der Waals surface area (Å²) in [4.78, 5) is 24.2. The van der Waals surface area contributed by atoms with E-state index in [0.29, 0.717) is 6.42 Å². The van der Waals surface area contributed by atoms with Gasteiger partial charge in [-0.2, -0.15) is 4.39 Å². The lowest BCUT2D eigenvalue weighted by molar-refractivity contribution is -0.00260. The molecule has 0 amide bonds. The third kappa shape index (κ3) is 1.92. The molecule has 2 rings (SSSR count). The zero-order chi connectivity index (χ0) is 11.7. The van der Waals surface area contributed by atoms with Gasteiger partial charge < -0.3 is 4.74 Å². The van der Waals surface area contributed by atoms with Crippen LogP contribution in [0.1, 0.15) is 32.4 Å². The highest BCUT2D eigenvalue weighted by atomic mass is 19.1. The van der Waals surface area contributed by atoms with Crippen molar-refractivity contribution < 1.29 is 9.13 Å². The molecule has 0 spiro atoms. The number of H-pyrrole nitrogens is 1. The van der Waals surface area contributed by atoms with Crippen LogP contribution in [0.2, 0.25) is 0 Å². The van der Waals surface area contributed by atoms with Gasteiger partial charge in [0.1, 0.15) is 6.23 Å². The van der Waals surface area contributed by atoms with Crippen molar-refractivity contribution in [2.24, 2.45) is 0 Å². The van der Waals surface area contributed by atoms with Crippen LogP contribution in [0.25, 0.3) is 0 Å². The molecule has 1 N–H and O–H groups in total. The van der Waals surface area contributed by atoms with Gasteiger partial charge in [0, 0.05) is 0 Å². The van der Waals surface area contributed by atoms with E-state index in [1.165, 1.54) is 0 Å². The van der Waals surface area contributed by atoms with Crippen molar-refractivity contribution in [1.29, 1.82) is 0 Å². The Bertz CT molecular complexity index is 494. The zero-order valence-corrected chi connectivity index (χ0v) is 8.90. The second-order valence-corrected chi connectivity index (χ2v) is 3.84. The second kappa shape index (κ2) is 4.21. The monoisotopic (exact) mass is 228 g/mol. The third-order valence-corrected chi connectivity index (χ3v) is 2.78. The molecule has 1 aromatic rings. The summed E-state index contributed by atoms with van der Waals surface area (Å²) in [5, 5.41) is 0. The van der Waals surface area contributed by atoms with Gasteiger partial charge in [0.05, 0.1) is 12.3 Å². The van der Waals surface area contributed by atoms with Gasteiger partial charge in [0.2, 0.25) is 5.82 Å². The Morgan fingerprint density at radius 3 is 2.94 bits per heavy atom. The van der Waals surface area contributed by atoms with Crippen molar-refractivity contribution in [2.75, 3.05) is 0 Å². The number of rotatable bonds is 2. The molecule has 1 saturated heterocycles. The fraction of sp³-hybridized carbons (Fsp3) is 0.600. The summed E-state index contributed by atoms with van der Waals surface area (Å²) < 4.78 is 19.7. The molecule has 1 aliphatic rings. The number of ether oxygens (including phenoxy) is 1. The van der Waals surface area contributed by atoms with Gasteiger partial charge in [-0.05, 0) is 19.3 Å². The molecule has 88 valence electrons. The van der Waals surface area contributed by atoms with Gasteiger partial charge in [-0.3, -0.25) is 14.3 Å². The maximum Gasteiger partial charge on any atom is 0.330 e. The minimum Gasteiger partial charge on any atom is -0.355 e. The fourth-order valence-electron chi connectivity index (χ4n) is 1.87. The van der Waals surface area contributed by atoms with E-state index in [4.69, 9.17) is 4.74 Å². The van der Waals surface area contributed by atoms with Crippen LogP contribution in [0, 0.1) is 5.82 Å². The van der Waals surface area contributed by atoms with Gasteiger partial charge in [-0.1, -0.05) is 6.92 Å². The van der Waals surface area contributed by atoms with E-state index in [1.54, 1.807) is 0 Å². The van der Waals surface area contributed by atoms with Gasteiger partial charge in [0.25, 0.3) is 5.56 Å². The Kier molecular flexibility index (Phi) is 2.91. The quantitative estimate of drug-likeness (QED) is 0.812. The van der Waals surface area contributed by atoms with Crippen LogP contribution in [0.5, 0.6) is 0 Å². The first-order chi connectivity index (χ1) is 7.61. The molecule has 6 heteroatoms. The molecule has 2 heterocycles. The number of nitrogens with one attached hydrogen (secondary N) is 1. The Labute approximate surface area is 90.9 Å². The molecule has 2 atom stereocenters. The van der Waals surface area contributed by atoms with E-state index >= 15 is 0 Å². The van der Waals surface area contributed by atoms with E-state index in [-0.39, 0.29) is 6.10 Å². The molecule has 0 aromatic carbocycles. The number of hydrogen-bond donors (Lipinski definition) is 1. The molecular formula is C10H13FN2O3. The highest BCUT2D eigenvalue weighted by Crippen LogP contribution is 2.28. The van der Waals surface area contributed by atoms with E-state index < -0.39 is 23.3 Å². The average Bonchev–Trinajstić information content (AvgIpc) is 2.71. The van der Waals surface area contributed by atoms with Crippen LogP contribution in [-0.4, -0.2) is 15.7 Å². The molecule has 5 nitrogen and oxygen atoms in total. The Balaban J connectivity index is 2.32. The van der Waals surface area contributed by atoms with Crippen LogP contribution >= 0.6 is 0 Å². The first kappa shape index (κ1) is 11.1. The summed E-state index contributed by atoms with van der Waals surface area (Å²) in [6.07, 6.45) is 2.90. The van der Waals surface area contributed by atoms with Crippen molar-refractivity contribution in [3.05, 3.63) is 32.9 Å². The minimum absolute atomic E-state index is 0.104. The van der Waals surface area contributed by atoms with Crippen molar-refractivity contribution in [3.8, 4) is 0 Å². The molecular weight excluding hydrogens is 215 g/mol. The van der Waals surface area contributed by atoms with E-state index in [0.717, 1.165) is 23.6 Å². The summed E-state index contributed by atoms with van der Waals surface area (Å²) in [6, 6.07) is 0. The molecule has 0 bridgehead atoms. The van der Waals surface area contributed by atoms with E-state index in [9.17, 15) is 14.0 Å². The van der Waals surface area contributed by atoms with Crippen molar-refractivity contribution >= 4 is 0 Å². The summed E-state index contributed by atoms with van der Waals surface area (Å²) in [7, 11) is 0. The maximum atomic E-state index is 13.0. The number of hydrogen-bond acceptors (Lipinski definition) is 3. The summed E-state index contributed by atoms with van der Waals surface area (Å²) in [5.74, 6) is -0.969. The Hall–Kier alpha value is -1.43. The summed E-state index contributed by atoms with van der Waals surface area (Å²) in [5.41, 5.74) is -1.63. The highest BCUT2D eigenvalue weighted by molar-refractivity contribution is 4.89. The molecule has 1 fully saturated rings. The number of aromatic nitrogens is 2. The molecule has 0 saturated carbocycles. The van der Waals surface area contributed by atoms with Gasteiger partial charge in [0.15, 0.2) is 0 Å². The second-order valence-electron chi connectivity index (χ2n) is 3.84. The standard InChI is InChI=1S/C10H13FN2O3/c1-2-6-3-4-8(16-6)13-5-7(11)9(14)12-10(13)15/h5-6,8H,2-4H2,1H3,(H,12,14,15). The largest absolute Gasteiger partial charge is 0.355 e. The average molecular weight is 228 g/mol. The van der Waals surface area contributed by atoms with E-state index in [1.807, 2.05) is 11.9 Å². The van der Waals surface area contributed by atoms with Gasteiger partial charge >= 0.3 is 5.69 Å². The predicted octanol–water partition coefficient (Wildman–Crippen LogP) is 0.763. The topological polar surface area (TPSA) is 64.1 Å². The SMILES string of the molecule is CCC1CCC(n2cc(F)c(=O)[nH]c2=O)O1. The third-order valence-electron chi connectivity index (χ3n) is 2.78. The van der Waals surface area contributed by atoms with Gasteiger partial charge in [-0.25, -0.2) is 4.79 Å². The first-order valence-corrected chi connectivity index (χ1v) is 5.28. The minimum atomic E-state index is -0.994. The van der Waals surface area contributed by atoms with E-state index in [2.05, 4.69) is 0 Å². The molecule has 16 heavy (non-hydrogen) atoms. The first-order valence-electron chi connectivity index (χ1n) is 5.28. The highest BCUT2D eigenvalue weighted by Gasteiger charge is 2.26. The Morgan fingerprint density at radius 2 is 2.31 bits per heavy atom. The van der Waals surface area contributed by atoms with Crippen molar-refractivity contribution in [1.82, 2.24) is 9.55 Å². The lowest BCUT2D eigenvalue weighted by atomic mass is 10.2. The Morgan fingerprint density at radius 1 is 1.56 bits per heavy atom.